The highest BCUT2D eigenvalue weighted by molar-refractivity contribution is 6.33. The lowest BCUT2D eigenvalue weighted by molar-refractivity contribution is 0.258. The summed E-state index contributed by atoms with van der Waals surface area (Å²) in [7, 11) is 0. The Kier molecular flexibility index (Phi) is 4.18. The number of aromatic amines is 1. The Morgan fingerprint density at radius 3 is 2.74 bits per heavy atom. The molecule has 0 aliphatic carbocycles. The number of anilines is 1. The van der Waals surface area contributed by atoms with Crippen LogP contribution in [0.5, 0.6) is 5.88 Å². The van der Waals surface area contributed by atoms with E-state index in [0.29, 0.717) is 26.6 Å². The fraction of sp³-hybridized carbons (Fsp3) is 0. The Bertz CT molecular complexity index is 921. The van der Waals surface area contributed by atoms with Crippen molar-refractivity contribution in [2.45, 2.75) is 0 Å². The monoisotopic (exact) mass is 348 g/mol. The van der Waals surface area contributed by atoms with E-state index in [-0.39, 0.29) is 11.6 Å². The Morgan fingerprint density at radius 2 is 1.96 bits per heavy atom. The molecule has 116 valence electrons. The number of aromatic hydroxyl groups is 1. The molecule has 3 rings (SSSR count). The van der Waals surface area contributed by atoms with Crippen LogP contribution in [0.2, 0.25) is 10.0 Å². The number of azo groups is 1. The van der Waals surface area contributed by atoms with E-state index in [0.717, 1.165) is 0 Å². The van der Waals surface area contributed by atoms with Crippen molar-refractivity contribution in [3.8, 4) is 5.88 Å². The zero-order valence-corrected chi connectivity index (χ0v) is 13.1. The molecule has 1 heterocycles. The van der Waals surface area contributed by atoms with E-state index >= 15 is 0 Å². The fourth-order valence-electron chi connectivity index (χ4n) is 2.04. The molecule has 2 aromatic carbocycles. The highest BCUT2D eigenvalue weighted by Crippen LogP contribution is 2.36. The van der Waals surface area contributed by atoms with Gasteiger partial charge in [-0.25, -0.2) is 4.79 Å². The lowest BCUT2D eigenvalue weighted by Gasteiger charge is -2.02. The quantitative estimate of drug-likeness (QED) is 0.534. The number of urea groups is 1. The number of carbonyl (C=O) groups excluding carboxylic acids is 1. The van der Waals surface area contributed by atoms with Gasteiger partial charge < -0.3 is 15.4 Å². The number of nitrogens with one attached hydrogen (secondary N) is 2. The molecule has 0 atom stereocenters. The average molecular weight is 349 g/mol. The first-order valence-corrected chi connectivity index (χ1v) is 7.27. The van der Waals surface area contributed by atoms with Crippen LogP contribution in [0, 0.1) is 0 Å². The van der Waals surface area contributed by atoms with Crippen molar-refractivity contribution < 1.29 is 9.90 Å². The summed E-state index contributed by atoms with van der Waals surface area (Å²) < 4.78 is 0. The lowest BCUT2D eigenvalue weighted by atomic mass is 10.2. The number of halogens is 2. The normalized spacial score (nSPS) is 11.2. The topological polar surface area (TPSA) is 89.8 Å². The van der Waals surface area contributed by atoms with Crippen LogP contribution in [0.15, 0.2) is 52.7 Å². The first-order valence-electron chi connectivity index (χ1n) is 6.52. The molecule has 2 amide bonds. The maximum atomic E-state index is 11.8. The number of H-pyrrole nitrogens is 1. The summed E-state index contributed by atoms with van der Waals surface area (Å²) in [5, 5.41) is 21.2. The van der Waals surface area contributed by atoms with Crippen LogP contribution >= 0.6 is 23.2 Å². The molecule has 0 bridgehead atoms. The van der Waals surface area contributed by atoms with Gasteiger partial charge in [-0.3, -0.25) is 0 Å². The number of aromatic nitrogens is 1. The predicted octanol–water partition coefficient (Wildman–Crippen LogP) is 5.50. The smallest absolute Gasteiger partial charge is 0.364 e. The molecule has 0 spiro atoms. The molecule has 0 unspecified atom stereocenters. The number of para-hydroxylation sites is 1. The van der Waals surface area contributed by atoms with Crippen molar-refractivity contribution in [2.75, 3.05) is 5.32 Å². The van der Waals surface area contributed by atoms with E-state index in [1.54, 1.807) is 42.5 Å². The maximum Gasteiger partial charge on any atom is 0.364 e. The lowest BCUT2D eigenvalue weighted by Crippen LogP contribution is -2.05. The van der Waals surface area contributed by atoms with Gasteiger partial charge in [0.05, 0.1) is 16.2 Å². The van der Waals surface area contributed by atoms with E-state index in [4.69, 9.17) is 23.2 Å². The van der Waals surface area contributed by atoms with Crippen molar-refractivity contribution >= 4 is 51.5 Å². The van der Waals surface area contributed by atoms with Crippen LogP contribution in [0.3, 0.4) is 0 Å². The van der Waals surface area contributed by atoms with Gasteiger partial charge in [0.1, 0.15) is 0 Å². The molecule has 0 radical (unpaired) electrons. The minimum Gasteiger partial charge on any atom is -0.493 e. The summed E-state index contributed by atoms with van der Waals surface area (Å²) in [6.45, 7) is 0. The van der Waals surface area contributed by atoms with Crippen LogP contribution in [-0.2, 0) is 0 Å². The summed E-state index contributed by atoms with van der Waals surface area (Å²) >= 11 is 11.8. The Labute approximate surface area is 140 Å². The van der Waals surface area contributed by atoms with Crippen molar-refractivity contribution in [3.05, 3.63) is 52.5 Å². The standard InChI is InChI=1S/C15H10Cl2N4O2/c16-8-5-6-9-12(7-8)18-14(22)13(9)20-21-15(23)19-11-4-2-1-3-10(11)17/h1-7,18,22H,(H,19,23). The number of rotatable bonds is 2. The summed E-state index contributed by atoms with van der Waals surface area (Å²) in [6.07, 6.45) is 0. The number of fused-ring (bicyclic) bond motifs is 1. The summed E-state index contributed by atoms with van der Waals surface area (Å²) in [6, 6.07) is 11.0. The Morgan fingerprint density at radius 1 is 1.17 bits per heavy atom. The SMILES string of the molecule is O=C(N=Nc1c(O)[nH]c2cc(Cl)ccc12)Nc1ccccc1Cl. The second kappa shape index (κ2) is 6.28. The van der Waals surface area contributed by atoms with E-state index in [1.807, 2.05) is 0 Å². The zero-order chi connectivity index (χ0) is 16.4. The van der Waals surface area contributed by atoms with Gasteiger partial charge in [0, 0.05) is 10.4 Å². The first kappa shape index (κ1) is 15.3. The number of nitrogens with zero attached hydrogens (tertiary/aromatic N) is 2. The number of hydrogen-bond acceptors (Lipinski definition) is 3. The molecular weight excluding hydrogens is 339 g/mol. The second-order valence-electron chi connectivity index (χ2n) is 4.62. The van der Waals surface area contributed by atoms with E-state index in [9.17, 15) is 9.90 Å². The highest BCUT2D eigenvalue weighted by atomic mass is 35.5. The van der Waals surface area contributed by atoms with Crippen LogP contribution in [0.4, 0.5) is 16.2 Å². The van der Waals surface area contributed by atoms with Crippen LogP contribution in [0.25, 0.3) is 10.9 Å². The number of amides is 2. The molecule has 3 N–H and O–H groups in total. The third-order valence-corrected chi connectivity index (χ3v) is 3.64. The van der Waals surface area contributed by atoms with Crippen molar-refractivity contribution in [1.29, 1.82) is 0 Å². The highest BCUT2D eigenvalue weighted by Gasteiger charge is 2.11. The van der Waals surface area contributed by atoms with E-state index < -0.39 is 6.03 Å². The van der Waals surface area contributed by atoms with Crippen LogP contribution < -0.4 is 5.32 Å². The van der Waals surface area contributed by atoms with Crippen LogP contribution in [0.1, 0.15) is 0 Å². The molecule has 3 aromatic rings. The summed E-state index contributed by atoms with van der Waals surface area (Å²) in [4.78, 5) is 14.5. The second-order valence-corrected chi connectivity index (χ2v) is 5.47. The molecular formula is C15H10Cl2N4O2. The van der Waals surface area contributed by atoms with Gasteiger partial charge in [0.15, 0.2) is 5.69 Å². The Balaban J connectivity index is 1.84. The molecule has 0 fully saturated rings. The molecule has 8 heteroatoms. The average Bonchev–Trinajstić information content (AvgIpc) is 2.82. The molecule has 0 aliphatic rings. The largest absolute Gasteiger partial charge is 0.493 e. The zero-order valence-electron chi connectivity index (χ0n) is 11.5. The van der Waals surface area contributed by atoms with Crippen molar-refractivity contribution in [3.63, 3.8) is 0 Å². The maximum absolute atomic E-state index is 11.8. The molecule has 1 aromatic heterocycles. The van der Waals surface area contributed by atoms with Crippen molar-refractivity contribution in [2.24, 2.45) is 10.2 Å². The van der Waals surface area contributed by atoms with Crippen molar-refractivity contribution in [1.82, 2.24) is 4.98 Å². The molecule has 23 heavy (non-hydrogen) atoms. The molecule has 0 saturated heterocycles. The minimum atomic E-state index is -0.708. The third kappa shape index (κ3) is 3.28. The van der Waals surface area contributed by atoms with Crippen LogP contribution in [-0.4, -0.2) is 16.1 Å². The van der Waals surface area contributed by atoms with Gasteiger partial charge in [-0.2, -0.15) is 0 Å². The van der Waals surface area contributed by atoms with Gasteiger partial charge in [0.2, 0.25) is 5.88 Å². The molecule has 0 aliphatic heterocycles. The molecule has 0 saturated carbocycles. The number of carbonyl (C=O) groups is 1. The van der Waals surface area contributed by atoms with Gasteiger partial charge >= 0.3 is 6.03 Å². The summed E-state index contributed by atoms with van der Waals surface area (Å²) in [5.74, 6) is -0.198. The first-order chi connectivity index (χ1) is 11.0. The Hall–Kier alpha value is -2.57. The van der Waals surface area contributed by atoms with Gasteiger partial charge in [-0.15, -0.1) is 5.11 Å². The number of benzene rings is 2. The number of hydrogen-bond donors (Lipinski definition) is 3. The molecule has 6 nitrogen and oxygen atoms in total. The predicted molar refractivity (Wildman–Crippen MR) is 90.0 cm³/mol. The van der Waals surface area contributed by atoms with Gasteiger partial charge in [-0.05, 0) is 30.3 Å². The summed E-state index contributed by atoms with van der Waals surface area (Å²) in [5.41, 5.74) is 1.18. The minimum absolute atomic E-state index is 0.158. The van der Waals surface area contributed by atoms with Gasteiger partial charge in [-0.1, -0.05) is 40.4 Å². The van der Waals surface area contributed by atoms with Gasteiger partial charge in [0.25, 0.3) is 0 Å². The van der Waals surface area contributed by atoms with E-state index in [2.05, 4.69) is 20.5 Å². The third-order valence-electron chi connectivity index (χ3n) is 3.07. The van der Waals surface area contributed by atoms with E-state index in [1.165, 1.54) is 0 Å². The fourth-order valence-corrected chi connectivity index (χ4v) is 2.40.